The third-order valence-electron chi connectivity index (χ3n) is 4.98. The molecule has 0 bridgehead atoms. The van der Waals surface area contributed by atoms with Crippen LogP contribution in [0.1, 0.15) is 44.7 Å². The molecule has 1 heterocycles. The number of aryl methyl sites for hydroxylation is 2. The van der Waals surface area contributed by atoms with Crippen molar-refractivity contribution in [2.24, 2.45) is 0 Å². The first-order valence-corrected chi connectivity index (χ1v) is 8.87. The lowest BCUT2D eigenvalue weighted by Gasteiger charge is -2.32. The monoisotopic (exact) mass is 354 g/mol. The number of hydrogen-bond acceptors (Lipinski definition) is 2. The topological polar surface area (TPSA) is 49.4 Å². The lowest BCUT2D eigenvalue weighted by molar-refractivity contribution is 0.0698. The fourth-order valence-corrected chi connectivity index (χ4v) is 3.15. The zero-order valence-electron chi connectivity index (χ0n) is 15.1. The van der Waals surface area contributed by atoms with Gasteiger partial charge in [-0.15, -0.1) is 0 Å². The smallest absolute Gasteiger partial charge is 0.253 e. The minimum Gasteiger partial charge on any atom is -0.349 e. The molecule has 136 valence electrons. The van der Waals surface area contributed by atoms with Gasteiger partial charge in [0.25, 0.3) is 11.8 Å². The molecule has 0 atom stereocenters. The second-order valence-electron chi connectivity index (χ2n) is 6.85. The largest absolute Gasteiger partial charge is 0.349 e. The standard InChI is InChI=1S/C21H23FN2O2/c1-14-3-4-17(13-15(14)2)21(26)24-11-9-19(10-12-24)23-20(25)16-5-7-18(22)8-6-16/h3-8,13,19H,9-12H2,1-2H3,(H,23,25). The molecule has 0 aliphatic carbocycles. The van der Waals surface area contributed by atoms with E-state index in [9.17, 15) is 14.0 Å². The van der Waals surface area contributed by atoms with Crippen LogP contribution >= 0.6 is 0 Å². The van der Waals surface area contributed by atoms with E-state index in [1.54, 1.807) is 0 Å². The van der Waals surface area contributed by atoms with Crippen LogP contribution in [0.5, 0.6) is 0 Å². The average molecular weight is 354 g/mol. The molecule has 5 heteroatoms. The molecule has 0 unspecified atom stereocenters. The van der Waals surface area contributed by atoms with Gasteiger partial charge in [-0.25, -0.2) is 4.39 Å². The minimum absolute atomic E-state index is 0.0244. The van der Waals surface area contributed by atoms with Gasteiger partial charge < -0.3 is 10.2 Å². The summed E-state index contributed by atoms with van der Waals surface area (Å²) >= 11 is 0. The Morgan fingerprint density at radius 1 is 0.962 bits per heavy atom. The van der Waals surface area contributed by atoms with Crippen LogP contribution in [0.4, 0.5) is 4.39 Å². The van der Waals surface area contributed by atoms with Crippen LogP contribution in [0.25, 0.3) is 0 Å². The highest BCUT2D eigenvalue weighted by Gasteiger charge is 2.25. The van der Waals surface area contributed by atoms with Crippen molar-refractivity contribution in [2.45, 2.75) is 32.7 Å². The van der Waals surface area contributed by atoms with Gasteiger partial charge in [0.1, 0.15) is 5.82 Å². The lowest BCUT2D eigenvalue weighted by atomic mass is 10.0. The van der Waals surface area contributed by atoms with Crippen LogP contribution in [0.2, 0.25) is 0 Å². The van der Waals surface area contributed by atoms with Gasteiger partial charge in [-0.3, -0.25) is 9.59 Å². The number of rotatable bonds is 3. The molecule has 3 rings (SSSR count). The number of benzene rings is 2. The van der Waals surface area contributed by atoms with Crippen LogP contribution in [0.15, 0.2) is 42.5 Å². The molecule has 1 saturated heterocycles. The number of nitrogens with zero attached hydrogens (tertiary/aromatic N) is 1. The summed E-state index contributed by atoms with van der Waals surface area (Å²) in [6.45, 7) is 5.25. The molecule has 0 radical (unpaired) electrons. The van der Waals surface area contributed by atoms with Crippen molar-refractivity contribution < 1.29 is 14.0 Å². The van der Waals surface area contributed by atoms with Crippen LogP contribution in [-0.2, 0) is 0 Å². The number of nitrogens with one attached hydrogen (secondary N) is 1. The molecule has 0 spiro atoms. The first-order valence-electron chi connectivity index (χ1n) is 8.87. The molecule has 1 aliphatic rings. The van der Waals surface area contributed by atoms with Gasteiger partial charge in [-0.2, -0.15) is 0 Å². The lowest BCUT2D eigenvalue weighted by Crippen LogP contribution is -2.46. The molecule has 0 aromatic heterocycles. The molecule has 1 N–H and O–H groups in total. The molecular weight excluding hydrogens is 331 g/mol. The number of likely N-dealkylation sites (tertiary alicyclic amines) is 1. The number of piperidine rings is 1. The van der Waals surface area contributed by atoms with Crippen molar-refractivity contribution in [3.8, 4) is 0 Å². The van der Waals surface area contributed by atoms with E-state index in [2.05, 4.69) is 5.32 Å². The van der Waals surface area contributed by atoms with Crippen molar-refractivity contribution in [1.82, 2.24) is 10.2 Å². The maximum Gasteiger partial charge on any atom is 0.253 e. The van der Waals surface area contributed by atoms with E-state index in [0.29, 0.717) is 37.1 Å². The van der Waals surface area contributed by atoms with Gasteiger partial charge in [0.15, 0.2) is 0 Å². The van der Waals surface area contributed by atoms with Crippen LogP contribution in [0.3, 0.4) is 0 Å². The molecule has 1 aliphatic heterocycles. The van der Waals surface area contributed by atoms with E-state index in [0.717, 1.165) is 5.56 Å². The van der Waals surface area contributed by atoms with E-state index >= 15 is 0 Å². The van der Waals surface area contributed by atoms with Gasteiger partial charge in [0.05, 0.1) is 0 Å². The highest BCUT2D eigenvalue weighted by Crippen LogP contribution is 2.17. The summed E-state index contributed by atoms with van der Waals surface area (Å²) < 4.78 is 12.9. The average Bonchev–Trinajstić information content (AvgIpc) is 2.64. The van der Waals surface area contributed by atoms with E-state index < -0.39 is 0 Å². The second-order valence-corrected chi connectivity index (χ2v) is 6.85. The number of carbonyl (C=O) groups is 2. The normalized spacial score (nSPS) is 15.0. The predicted molar refractivity (Wildman–Crippen MR) is 98.7 cm³/mol. The molecule has 4 nitrogen and oxygen atoms in total. The maximum absolute atomic E-state index is 12.9. The van der Waals surface area contributed by atoms with Gasteiger partial charge in [0.2, 0.25) is 0 Å². The van der Waals surface area contributed by atoms with Crippen molar-refractivity contribution >= 4 is 11.8 Å². The van der Waals surface area contributed by atoms with Gasteiger partial charge in [-0.05, 0) is 74.2 Å². The Bertz CT molecular complexity index is 809. The van der Waals surface area contributed by atoms with E-state index in [-0.39, 0.29) is 23.7 Å². The summed E-state index contributed by atoms with van der Waals surface area (Å²) in [6.07, 6.45) is 1.42. The fraction of sp³-hybridized carbons (Fsp3) is 0.333. The highest BCUT2D eigenvalue weighted by molar-refractivity contribution is 5.95. The first-order chi connectivity index (χ1) is 12.4. The van der Waals surface area contributed by atoms with Crippen LogP contribution < -0.4 is 5.32 Å². The minimum atomic E-state index is -0.361. The van der Waals surface area contributed by atoms with Crippen molar-refractivity contribution in [3.05, 3.63) is 70.5 Å². The van der Waals surface area contributed by atoms with E-state index in [1.165, 1.54) is 29.8 Å². The third-order valence-corrected chi connectivity index (χ3v) is 4.98. The Morgan fingerprint density at radius 2 is 1.58 bits per heavy atom. The van der Waals surface area contributed by atoms with Crippen molar-refractivity contribution in [2.75, 3.05) is 13.1 Å². The summed E-state index contributed by atoms with van der Waals surface area (Å²) in [5, 5.41) is 2.97. The Balaban J connectivity index is 1.55. The van der Waals surface area contributed by atoms with Crippen LogP contribution in [-0.4, -0.2) is 35.8 Å². The summed E-state index contributed by atoms with van der Waals surface area (Å²) in [7, 11) is 0. The predicted octanol–water partition coefficient (Wildman–Crippen LogP) is 3.48. The second kappa shape index (κ2) is 7.68. The molecular formula is C21H23FN2O2. The van der Waals surface area contributed by atoms with E-state index in [4.69, 9.17) is 0 Å². The van der Waals surface area contributed by atoms with Gasteiger partial charge in [-0.1, -0.05) is 6.07 Å². The molecule has 2 aromatic rings. The van der Waals surface area contributed by atoms with Gasteiger partial charge >= 0.3 is 0 Å². The maximum atomic E-state index is 12.9. The Labute approximate surface area is 153 Å². The fourth-order valence-electron chi connectivity index (χ4n) is 3.15. The number of hydrogen-bond donors (Lipinski definition) is 1. The van der Waals surface area contributed by atoms with Crippen LogP contribution in [0, 0.1) is 19.7 Å². The highest BCUT2D eigenvalue weighted by atomic mass is 19.1. The summed E-state index contributed by atoms with van der Waals surface area (Å²) in [5.74, 6) is -0.528. The zero-order chi connectivity index (χ0) is 18.7. The number of carbonyl (C=O) groups excluding carboxylic acids is 2. The van der Waals surface area contributed by atoms with E-state index in [1.807, 2.05) is 36.9 Å². The van der Waals surface area contributed by atoms with Crippen molar-refractivity contribution in [1.29, 1.82) is 0 Å². The zero-order valence-corrected chi connectivity index (χ0v) is 15.1. The Morgan fingerprint density at radius 3 is 2.19 bits per heavy atom. The molecule has 2 amide bonds. The summed E-state index contributed by atoms with van der Waals surface area (Å²) in [6, 6.07) is 11.3. The molecule has 26 heavy (non-hydrogen) atoms. The summed E-state index contributed by atoms with van der Waals surface area (Å²) in [4.78, 5) is 26.7. The van der Waals surface area contributed by atoms with Crippen molar-refractivity contribution in [3.63, 3.8) is 0 Å². The Kier molecular flexibility index (Phi) is 5.35. The number of amides is 2. The Hall–Kier alpha value is -2.69. The van der Waals surface area contributed by atoms with Gasteiger partial charge in [0, 0.05) is 30.3 Å². The molecule has 0 saturated carbocycles. The first kappa shape index (κ1) is 18.1. The number of halogens is 1. The third kappa shape index (κ3) is 4.10. The molecule has 2 aromatic carbocycles. The summed E-state index contributed by atoms with van der Waals surface area (Å²) in [5.41, 5.74) is 3.43. The molecule has 1 fully saturated rings. The quantitative estimate of drug-likeness (QED) is 0.917. The SMILES string of the molecule is Cc1ccc(C(=O)N2CCC(NC(=O)c3ccc(F)cc3)CC2)cc1C.